The predicted octanol–water partition coefficient (Wildman–Crippen LogP) is 2.16. The number of nitrogens with one attached hydrogen (secondary N) is 1. The van der Waals surface area contributed by atoms with Crippen molar-refractivity contribution in [1.82, 2.24) is 15.2 Å². The fourth-order valence-corrected chi connectivity index (χ4v) is 3.18. The van der Waals surface area contributed by atoms with Gasteiger partial charge in [-0.15, -0.1) is 0 Å². The summed E-state index contributed by atoms with van der Waals surface area (Å²) in [5.74, 6) is 1.60. The fourth-order valence-electron chi connectivity index (χ4n) is 3.18. The van der Waals surface area contributed by atoms with Crippen LogP contribution < -0.4 is 14.8 Å². The molecule has 1 aliphatic rings. The lowest BCUT2D eigenvalue weighted by Gasteiger charge is -2.29. The molecule has 26 heavy (non-hydrogen) atoms. The van der Waals surface area contributed by atoms with E-state index in [-0.39, 0.29) is 5.91 Å². The van der Waals surface area contributed by atoms with Crippen LogP contribution in [0.3, 0.4) is 0 Å². The van der Waals surface area contributed by atoms with E-state index in [2.05, 4.69) is 21.3 Å². The number of carbonyl (C=O) groups is 1. The first-order valence-corrected chi connectivity index (χ1v) is 8.81. The maximum atomic E-state index is 12.1. The van der Waals surface area contributed by atoms with Crippen molar-refractivity contribution in [3.63, 3.8) is 0 Å². The number of rotatable bonds is 7. The number of methoxy groups -OCH3 is 2. The molecule has 0 radical (unpaired) electrons. The predicted molar refractivity (Wildman–Crippen MR) is 99.2 cm³/mol. The average molecular weight is 355 g/mol. The highest BCUT2D eigenvalue weighted by Crippen LogP contribution is 2.33. The Balaban J connectivity index is 1.50. The zero-order valence-corrected chi connectivity index (χ0v) is 15.3. The Bertz CT molecular complexity index is 749. The molecule has 1 aliphatic heterocycles. The van der Waals surface area contributed by atoms with Gasteiger partial charge in [0.25, 0.3) is 0 Å². The van der Waals surface area contributed by atoms with E-state index in [1.54, 1.807) is 26.6 Å². The third kappa shape index (κ3) is 4.52. The second kappa shape index (κ2) is 8.67. The van der Waals surface area contributed by atoms with E-state index < -0.39 is 0 Å². The lowest BCUT2D eigenvalue weighted by Crippen LogP contribution is -2.34. The summed E-state index contributed by atoms with van der Waals surface area (Å²) in [6.07, 6.45) is 4.91. The molecule has 2 aromatic rings. The van der Waals surface area contributed by atoms with E-state index in [0.717, 1.165) is 43.1 Å². The number of nitrogens with zero attached hydrogens (tertiary/aromatic N) is 2. The molecule has 1 N–H and O–H groups in total. The fraction of sp³-hybridized carbons (Fsp3) is 0.400. The lowest BCUT2D eigenvalue weighted by atomic mass is 9.98. The Kier molecular flexibility index (Phi) is 6.07. The topological polar surface area (TPSA) is 63.7 Å². The summed E-state index contributed by atoms with van der Waals surface area (Å²) in [5.41, 5.74) is 3.59. The van der Waals surface area contributed by atoms with E-state index in [0.29, 0.717) is 13.0 Å². The van der Waals surface area contributed by atoms with Gasteiger partial charge in [-0.3, -0.25) is 14.7 Å². The van der Waals surface area contributed by atoms with Crippen LogP contribution in [0.15, 0.2) is 36.7 Å². The van der Waals surface area contributed by atoms with Gasteiger partial charge in [0.05, 0.1) is 14.2 Å². The Hall–Kier alpha value is -2.60. The van der Waals surface area contributed by atoms with Crippen molar-refractivity contribution < 1.29 is 14.3 Å². The van der Waals surface area contributed by atoms with Crippen LogP contribution in [0.1, 0.15) is 23.1 Å². The number of benzene rings is 1. The Morgan fingerprint density at radius 3 is 2.54 bits per heavy atom. The smallest absolute Gasteiger partial charge is 0.221 e. The molecule has 6 heteroatoms. The quantitative estimate of drug-likeness (QED) is 0.825. The van der Waals surface area contributed by atoms with Crippen LogP contribution in [0.2, 0.25) is 0 Å². The van der Waals surface area contributed by atoms with Gasteiger partial charge in [0.1, 0.15) is 0 Å². The molecule has 0 unspecified atom stereocenters. The van der Waals surface area contributed by atoms with Crippen LogP contribution in [0, 0.1) is 0 Å². The van der Waals surface area contributed by atoms with Crippen LogP contribution in [0.4, 0.5) is 0 Å². The molecule has 0 bridgehead atoms. The van der Waals surface area contributed by atoms with Crippen molar-refractivity contribution in [3.8, 4) is 11.5 Å². The number of fused-ring (bicyclic) bond motifs is 1. The van der Waals surface area contributed by atoms with Crippen molar-refractivity contribution in [2.75, 3.05) is 27.3 Å². The molecule has 0 aliphatic carbocycles. The maximum absolute atomic E-state index is 12.1. The first kappa shape index (κ1) is 18.2. The van der Waals surface area contributed by atoms with Gasteiger partial charge in [-0.05, 0) is 47.4 Å². The maximum Gasteiger partial charge on any atom is 0.221 e. The molecule has 0 saturated carbocycles. The summed E-state index contributed by atoms with van der Waals surface area (Å²) >= 11 is 0. The number of carbonyl (C=O) groups excluding carboxylic acids is 1. The zero-order chi connectivity index (χ0) is 18.4. The molecule has 1 aromatic carbocycles. The third-order valence-corrected chi connectivity index (χ3v) is 4.69. The van der Waals surface area contributed by atoms with Crippen molar-refractivity contribution in [1.29, 1.82) is 0 Å². The molecule has 0 atom stereocenters. The van der Waals surface area contributed by atoms with Gasteiger partial charge in [-0.2, -0.15) is 0 Å². The summed E-state index contributed by atoms with van der Waals surface area (Å²) in [4.78, 5) is 18.4. The Morgan fingerprint density at radius 2 is 1.85 bits per heavy atom. The Morgan fingerprint density at radius 1 is 1.15 bits per heavy atom. The first-order chi connectivity index (χ1) is 12.7. The van der Waals surface area contributed by atoms with Gasteiger partial charge < -0.3 is 14.8 Å². The molecule has 3 rings (SSSR count). The SMILES string of the molecule is COc1cc2c(cc1OC)CN(CCC(=O)NCc1ccncc1)CC2. The second-order valence-corrected chi connectivity index (χ2v) is 6.38. The summed E-state index contributed by atoms with van der Waals surface area (Å²) in [7, 11) is 3.31. The summed E-state index contributed by atoms with van der Waals surface area (Å²) in [6.45, 7) is 3.06. The lowest BCUT2D eigenvalue weighted by molar-refractivity contribution is -0.121. The van der Waals surface area contributed by atoms with Crippen LogP contribution in [-0.2, 0) is 24.3 Å². The highest BCUT2D eigenvalue weighted by molar-refractivity contribution is 5.76. The molecular formula is C20H25N3O3. The molecule has 1 amide bonds. The van der Waals surface area contributed by atoms with Crippen molar-refractivity contribution in [2.45, 2.75) is 25.9 Å². The van der Waals surface area contributed by atoms with E-state index >= 15 is 0 Å². The second-order valence-electron chi connectivity index (χ2n) is 6.38. The highest BCUT2D eigenvalue weighted by atomic mass is 16.5. The van der Waals surface area contributed by atoms with Gasteiger partial charge in [-0.25, -0.2) is 0 Å². The van der Waals surface area contributed by atoms with Crippen molar-refractivity contribution in [2.24, 2.45) is 0 Å². The molecule has 138 valence electrons. The number of amides is 1. The minimum atomic E-state index is 0.0694. The minimum absolute atomic E-state index is 0.0694. The number of hydrogen-bond acceptors (Lipinski definition) is 5. The standard InChI is InChI=1S/C20H25N3O3/c1-25-18-11-16-5-9-23(14-17(16)12-19(18)26-2)10-6-20(24)22-13-15-3-7-21-8-4-15/h3-4,7-8,11-12H,5-6,9-10,13-14H2,1-2H3,(H,22,24). The average Bonchev–Trinajstić information content (AvgIpc) is 2.70. The number of ether oxygens (including phenoxy) is 2. The van der Waals surface area contributed by atoms with E-state index in [9.17, 15) is 4.79 Å². The molecule has 0 spiro atoms. The molecule has 6 nitrogen and oxygen atoms in total. The van der Waals surface area contributed by atoms with E-state index in [1.807, 2.05) is 18.2 Å². The van der Waals surface area contributed by atoms with Crippen molar-refractivity contribution in [3.05, 3.63) is 53.3 Å². The van der Waals surface area contributed by atoms with Crippen LogP contribution in [-0.4, -0.2) is 43.1 Å². The van der Waals surface area contributed by atoms with E-state index in [1.165, 1.54) is 11.1 Å². The normalized spacial score (nSPS) is 13.8. The van der Waals surface area contributed by atoms with Gasteiger partial charge >= 0.3 is 0 Å². The molecular weight excluding hydrogens is 330 g/mol. The van der Waals surface area contributed by atoms with Gasteiger partial charge in [-0.1, -0.05) is 0 Å². The monoisotopic (exact) mass is 355 g/mol. The van der Waals surface area contributed by atoms with Crippen LogP contribution >= 0.6 is 0 Å². The van der Waals surface area contributed by atoms with Crippen LogP contribution in [0.25, 0.3) is 0 Å². The minimum Gasteiger partial charge on any atom is -0.493 e. The molecule has 1 aromatic heterocycles. The highest BCUT2D eigenvalue weighted by Gasteiger charge is 2.19. The Labute approximate surface area is 154 Å². The summed E-state index contributed by atoms with van der Waals surface area (Å²) in [5, 5.41) is 2.96. The number of aromatic nitrogens is 1. The molecule has 2 heterocycles. The summed E-state index contributed by atoms with van der Waals surface area (Å²) in [6, 6.07) is 7.92. The van der Waals surface area contributed by atoms with Gasteiger partial charge in [0.15, 0.2) is 11.5 Å². The van der Waals surface area contributed by atoms with Gasteiger partial charge in [0, 0.05) is 45.0 Å². The first-order valence-electron chi connectivity index (χ1n) is 8.81. The van der Waals surface area contributed by atoms with Crippen molar-refractivity contribution >= 4 is 5.91 Å². The van der Waals surface area contributed by atoms with Crippen LogP contribution in [0.5, 0.6) is 11.5 Å². The number of hydrogen-bond donors (Lipinski definition) is 1. The zero-order valence-electron chi connectivity index (χ0n) is 15.3. The number of pyridine rings is 1. The summed E-state index contributed by atoms with van der Waals surface area (Å²) < 4.78 is 10.8. The molecule has 0 fully saturated rings. The largest absolute Gasteiger partial charge is 0.493 e. The van der Waals surface area contributed by atoms with Gasteiger partial charge in [0.2, 0.25) is 5.91 Å². The third-order valence-electron chi connectivity index (χ3n) is 4.69. The molecule has 0 saturated heterocycles. The van der Waals surface area contributed by atoms with E-state index in [4.69, 9.17) is 9.47 Å².